The van der Waals surface area contributed by atoms with Crippen LogP contribution in [0, 0.1) is 6.92 Å². The molecule has 120 valence electrons. The van der Waals surface area contributed by atoms with Gasteiger partial charge in [-0.05, 0) is 40.5 Å². The molecule has 0 aliphatic heterocycles. The molecule has 0 fully saturated rings. The Labute approximate surface area is 147 Å². The maximum Gasteiger partial charge on any atom is 0.287 e. The van der Waals surface area contributed by atoms with Crippen LogP contribution in [-0.2, 0) is 0 Å². The molecule has 0 bridgehead atoms. The largest absolute Gasteiger partial charge is 0.287 e. The highest BCUT2D eigenvalue weighted by atomic mass is 79.9. The van der Waals surface area contributed by atoms with Gasteiger partial charge in [-0.2, -0.15) is 14.9 Å². The van der Waals surface area contributed by atoms with Crippen LogP contribution in [0.3, 0.4) is 0 Å². The van der Waals surface area contributed by atoms with Gasteiger partial charge in [-0.3, -0.25) is 10.2 Å². The molecule has 0 radical (unpaired) electrons. The second-order valence-electron chi connectivity index (χ2n) is 5.21. The lowest BCUT2D eigenvalue weighted by molar-refractivity contribution is 0.801. The molecule has 0 atom stereocenters. The number of hydrogen-bond donors (Lipinski definition) is 1. The molecule has 1 N–H and O–H groups in total. The molecule has 1 heterocycles. The Hall–Kier alpha value is -2.73. The fourth-order valence-corrected chi connectivity index (χ4v) is 2.45. The Morgan fingerprint density at radius 2 is 1.83 bits per heavy atom. The Bertz CT molecular complexity index is 918. The first-order chi connectivity index (χ1) is 11.6. The maximum atomic E-state index is 12.4. The zero-order valence-corrected chi connectivity index (χ0v) is 14.6. The van der Waals surface area contributed by atoms with E-state index < -0.39 is 0 Å². The van der Waals surface area contributed by atoms with Crippen molar-refractivity contribution in [2.75, 3.05) is 5.43 Å². The van der Waals surface area contributed by atoms with Gasteiger partial charge in [0, 0.05) is 0 Å². The summed E-state index contributed by atoms with van der Waals surface area (Å²) < 4.78 is 1.71. The summed E-state index contributed by atoms with van der Waals surface area (Å²) in [4.78, 5) is 12.4. The summed E-state index contributed by atoms with van der Waals surface area (Å²) in [5.74, 6) is 0. The van der Waals surface area contributed by atoms with Crippen LogP contribution in [0.15, 0.2) is 75.2 Å². The molecule has 5 nitrogen and oxygen atoms in total. The SMILES string of the molecule is Cc1ccc(C=NNc2cnn(-c3ccccc3)c(=O)c2Br)cc1. The third-order valence-electron chi connectivity index (χ3n) is 3.40. The van der Waals surface area contributed by atoms with Crippen molar-refractivity contribution in [2.45, 2.75) is 6.92 Å². The fourth-order valence-electron chi connectivity index (χ4n) is 2.09. The lowest BCUT2D eigenvalue weighted by atomic mass is 10.2. The van der Waals surface area contributed by atoms with Crippen molar-refractivity contribution < 1.29 is 0 Å². The first kappa shape index (κ1) is 16.1. The van der Waals surface area contributed by atoms with Crippen LogP contribution >= 0.6 is 15.9 Å². The van der Waals surface area contributed by atoms with Crippen molar-refractivity contribution in [1.29, 1.82) is 0 Å². The third-order valence-corrected chi connectivity index (χ3v) is 4.16. The first-order valence-corrected chi connectivity index (χ1v) is 8.13. The Morgan fingerprint density at radius 3 is 2.54 bits per heavy atom. The summed E-state index contributed by atoms with van der Waals surface area (Å²) >= 11 is 3.31. The van der Waals surface area contributed by atoms with Gasteiger partial charge in [-0.1, -0.05) is 48.0 Å². The highest BCUT2D eigenvalue weighted by Crippen LogP contribution is 2.17. The van der Waals surface area contributed by atoms with E-state index in [1.165, 1.54) is 10.2 Å². The van der Waals surface area contributed by atoms with Gasteiger partial charge in [0.2, 0.25) is 0 Å². The van der Waals surface area contributed by atoms with Gasteiger partial charge >= 0.3 is 0 Å². The van der Waals surface area contributed by atoms with Crippen molar-refractivity contribution in [2.24, 2.45) is 5.10 Å². The van der Waals surface area contributed by atoms with Gasteiger partial charge in [0.25, 0.3) is 5.56 Å². The lowest BCUT2D eigenvalue weighted by Gasteiger charge is -2.07. The van der Waals surface area contributed by atoms with Crippen LogP contribution in [0.4, 0.5) is 5.69 Å². The molecule has 2 aromatic carbocycles. The van der Waals surface area contributed by atoms with Gasteiger partial charge in [0.05, 0.1) is 23.8 Å². The molecule has 0 amide bonds. The number of nitrogens with one attached hydrogen (secondary N) is 1. The molecule has 6 heteroatoms. The van der Waals surface area contributed by atoms with Crippen molar-refractivity contribution in [3.8, 4) is 5.69 Å². The molecular formula is C18H15BrN4O. The van der Waals surface area contributed by atoms with E-state index in [2.05, 4.69) is 31.6 Å². The predicted octanol–water partition coefficient (Wildman–Crippen LogP) is 3.75. The lowest BCUT2D eigenvalue weighted by Crippen LogP contribution is -2.22. The van der Waals surface area contributed by atoms with E-state index >= 15 is 0 Å². The van der Waals surface area contributed by atoms with Gasteiger partial charge in [-0.25, -0.2) is 0 Å². The van der Waals surface area contributed by atoms with Crippen LogP contribution in [0.25, 0.3) is 5.69 Å². The molecule has 24 heavy (non-hydrogen) atoms. The summed E-state index contributed by atoms with van der Waals surface area (Å²) in [7, 11) is 0. The number of rotatable bonds is 4. The van der Waals surface area contributed by atoms with E-state index in [0.717, 1.165) is 5.56 Å². The zero-order chi connectivity index (χ0) is 16.9. The molecule has 0 aliphatic rings. The number of nitrogens with zero attached hydrogens (tertiary/aromatic N) is 3. The Kier molecular flexibility index (Phi) is 4.86. The van der Waals surface area contributed by atoms with Gasteiger partial charge < -0.3 is 0 Å². The van der Waals surface area contributed by atoms with Crippen molar-refractivity contribution in [1.82, 2.24) is 9.78 Å². The van der Waals surface area contributed by atoms with Crippen LogP contribution < -0.4 is 11.0 Å². The Morgan fingerprint density at radius 1 is 1.12 bits per heavy atom. The van der Waals surface area contributed by atoms with Crippen LogP contribution in [0.1, 0.15) is 11.1 Å². The first-order valence-electron chi connectivity index (χ1n) is 7.34. The highest BCUT2D eigenvalue weighted by Gasteiger charge is 2.09. The number of aryl methyl sites for hydroxylation is 1. The second-order valence-corrected chi connectivity index (χ2v) is 6.00. The van der Waals surface area contributed by atoms with E-state index in [1.54, 1.807) is 12.4 Å². The van der Waals surface area contributed by atoms with E-state index in [1.807, 2.05) is 61.5 Å². The number of anilines is 1. The summed E-state index contributed by atoms with van der Waals surface area (Å²) in [5, 5.41) is 8.34. The molecule has 0 spiro atoms. The van der Waals surface area contributed by atoms with E-state index in [-0.39, 0.29) is 5.56 Å². The predicted molar refractivity (Wildman–Crippen MR) is 99.9 cm³/mol. The van der Waals surface area contributed by atoms with Crippen molar-refractivity contribution in [3.63, 3.8) is 0 Å². The van der Waals surface area contributed by atoms with Crippen molar-refractivity contribution >= 4 is 27.8 Å². The average molecular weight is 383 g/mol. The van der Waals surface area contributed by atoms with Gasteiger partial charge in [0.15, 0.2) is 0 Å². The van der Waals surface area contributed by atoms with Crippen LogP contribution in [0.2, 0.25) is 0 Å². The summed E-state index contributed by atoms with van der Waals surface area (Å²) in [6, 6.07) is 17.2. The number of benzene rings is 2. The van der Waals surface area contributed by atoms with Crippen molar-refractivity contribution in [3.05, 3.63) is 86.7 Å². The normalized spacial score (nSPS) is 10.9. The molecule has 0 saturated heterocycles. The monoisotopic (exact) mass is 382 g/mol. The molecule has 0 saturated carbocycles. The molecule has 0 unspecified atom stereocenters. The van der Waals surface area contributed by atoms with E-state index in [4.69, 9.17) is 0 Å². The average Bonchev–Trinajstić information content (AvgIpc) is 2.61. The minimum Gasteiger partial charge on any atom is -0.275 e. The molecule has 3 rings (SSSR count). The molecule has 1 aromatic heterocycles. The number of para-hydroxylation sites is 1. The van der Waals surface area contributed by atoms with Crippen LogP contribution in [-0.4, -0.2) is 16.0 Å². The smallest absolute Gasteiger partial charge is 0.275 e. The molecule has 3 aromatic rings. The number of aromatic nitrogens is 2. The minimum absolute atomic E-state index is 0.253. The highest BCUT2D eigenvalue weighted by molar-refractivity contribution is 9.10. The summed E-state index contributed by atoms with van der Waals surface area (Å²) in [6.45, 7) is 2.03. The maximum absolute atomic E-state index is 12.4. The van der Waals surface area contributed by atoms with Crippen LogP contribution in [0.5, 0.6) is 0 Å². The second kappa shape index (κ2) is 7.23. The number of hydrazone groups is 1. The molecule has 0 aliphatic carbocycles. The van der Waals surface area contributed by atoms with Gasteiger partial charge in [0.1, 0.15) is 4.47 Å². The standard InChI is InChI=1S/C18H15BrN4O/c1-13-7-9-14(10-8-13)11-20-22-16-12-21-23(18(24)17(16)19)15-5-3-2-4-6-15/h2-12,22H,1H3. The van der Waals surface area contributed by atoms with E-state index in [9.17, 15) is 4.79 Å². The summed E-state index contributed by atoms with van der Waals surface area (Å²) in [6.07, 6.45) is 3.25. The quantitative estimate of drug-likeness (QED) is 0.552. The summed E-state index contributed by atoms with van der Waals surface area (Å²) in [5.41, 5.74) is 5.96. The zero-order valence-electron chi connectivity index (χ0n) is 13.0. The topological polar surface area (TPSA) is 59.3 Å². The van der Waals surface area contributed by atoms with Gasteiger partial charge in [-0.15, -0.1) is 0 Å². The number of hydrogen-bond acceptors (Lipinski definition) is 4. The Balaban J connectivity index is 1.81. The number of halogens is 1. The fraction of sp³-hybridized carbons (Fsp3) is 0.0556. The minimum atomic E-state index is -0.253. The third kappa shape index (κ3) is 3.60. The molecular weight excluding hydrogens is 368 g/mol. The van der Waals surface area contributed by atoms with E-state index in [0.29, 0.717) is 15.8 Å².